The zero-order valence-corrected chi connectivity index (χ0v) is 14.7. The summed E-state index contributed by atoms with van der Waals surface area (Å²) in [5.41, 5.74) is 3.97. The molecular weight excluding hydrogens is 354 g/mol. The third-order valence-electron chi connectivity index (χ3n) is 4.08. The number of carbonyl (C=O) groups is 2. The van der Waals surface area contributed by atoms with Gasteiger partial charge in [0.15, 0.2) is 0 Å². The summed E-state index contributed by atoms with van der Waals surface area (Å²) < 4.78 is 4.93. The van der Waals surface area contributed by atoms with Gasteiger partial charge in [-0.3, -0.25) is 10.1 Å². The molecule has 2 heterocycles. The fourth-order valence-corrected chi connectivity index (χ4v) is 2.72. The first-order valence-corrected chi connectivity index (χ1v) is 8.58. The van der Waals surface area contributed by atoms with Gasteiger partial charge in [-0.2, -0.15) is 0 Å². The Hall–Kier alpha value is -4.11. The number of carbonyl (C=O) groups excluding carboxylic acids is 2. The van der Waals surface area contributed by atoms with E-state index in [4.69, 9.17) is 4.74 Å². The first kappa shape index (κ1) is 17.3. The van der Waals surface area contributed by atoms with Crippen LogP contribution in [0.5, 0.6) is 0 Å². The summed E-state index contributed by atoms with van der Waals surface area (Å²) in [6.07, 6.45) is 1.20. The molecule has 1 aromatic heterocycles. The lowest BCUT2D eigenvalue weighted by Gasteiger charge is -2.18. The number of pyridine rings is 1. The van der Waals surface area contributed by atoms with Gasteiger partial charge in [0, 0.05) is 28.6 Å². The lowest BCUT2D eigenvalue weighted by atomic mass is 10.1. The van der Waals surface area contributed by atoms with Gasteiger partial charge in [-0.15, -0.1) is 0 Å². The van der Waals surface area contributed by atoms with Crippen LogP contribution in [0.3, 0.4) is 0 Å². The van der Waals surface area contributed by atoms with Crippen LogP contribution >= 0.6 is 0 Å². The fraction of sp³-hybridized carbons (Fsp3) is 0.0455. The molecule has 2 amide bonds. The molecule has 136 valence electrons. The number of cyclic esters (lactones) is 1. The van der Waals surface area contributed by atoms with Gasteiger partial charge < -0.3 is 10.1 Å². The second kappa shape index (κ2) is 7.64. The van der Waals surface area contributed by atoms with Gasteiger partial charge in [-0.25, -0.2) is 9.78 Å². The Balaban J connectivity index is 1.49. The average molecular weight is 369 g/mol. The third kappa shape index (κ3) is 4.00. The SMILES string of the molecule is O=C1Nc2ccc(C(=O)Nc3cccc(C#Cc4ccccn4)c3)cc2CO1. The second-order valence-electron chi connectivity index (χ2n) is 6.07. The van der Waals surface area contributed by atoms with E-state index in [1.807, 2.05) is 30.3 Å². The Bertz CT molecular complexity index is 1110. The number of aromatic nitrogens is 1. The van der Waals surface area contributed by atoms with Crippen molar-refractivity contribution < 1.29 is 14.3 Å². The molecule has 0 atom stereocenters. The summed E-state index contributed by atoms with van der Waals surface area (Å²) in [6.45, 7) is 0.140. The van der Waals surface area contributed by atoms with Gasteiger partial charge in [-0.1, -0.05) is 18.1 Å². The van der Waals surface area contributed by atoms with Crippen LogP contribution in [0.2, 0.25) is 0 Å². The van der Waals surface area contributed by atoms with Crippen LogP contribution in [-0.2, 0) is 11.3 Å². The van der Waals surface area contributed by atoms with Gasteiger partial charge in [-0.05, 0) is 54.5 Å². The summed E-state index contributed by atoms with van der Waals surface area (Å²) in [7, 11) is 0. The Morgan fingerprint density at radius 1 is 1.07 bits per heavy atom. The van der Waals surface area contributed by atoms with E-state index in [1.54, 1.807) is 36.5 Å². The maximum Gasteiger partial charge on any atom is 0.411 e. The Morgan fingerprint density at radius 2 is 2.00 bits per heavy atom. The standard InChI is InChI=1S/C22H15N3O3/c26-21(16-8-10-20-17(13-16)14-28-22(27)25-20)24-19-6-3-4-15(12-19)7-9-18-5-1-2-11-23-18/h1-6,8,10-13H,14H2,(H,24,26)(H,25,27). The molecule has 6 heteroatoms. The summed E-state index contributed by atoms with van der Waals surface area (Å²) in [4.78, 5) is 28.0. The number of ether oxygens (including phenoxy) is 1. The lowest BCUT2D eigenvalue weighted by Crippen LogP contribution is -2.21. The molecule has 0 fully saturated rings. The highest BCUT2D eigenvalue weighted by atomic mass is 16.5. The van der Waals surface area contributed by atoms with E-state index in [2.05, 4.69) is 27.5 Å². The van der Waals surface area contributed by atoms with Crippen LogP contribution < -0.4 is 10.6 Å². The van der Waals surface area contributed by atoms with Crippen molar-refractivity contribution in [2.45, 2.75) is 6.61 Å². The largest absolute Gasteiger partial charge is 0.444 e. The number of anilines is 2. The van der Waals surface area contributed by atoms with Crippen LogP contribution in [0.4, 0.5) is 16.2 Å². The third-order valence-corrected chi connectivity index (χ3v) is 4.08. The van der Waals surface area contributed by atoms with Gasteiger partial charge in [0.1, 0.15) is 12.3 Å². The van der Waals surface area contributed by atoms with Gasteiger partial charge in [0.25, 0.3) is 5.91 Å². The van der Waals surface area contributed by atoms with Crippen LogP contribution in [-0.4, -0.2) is 17.0 Å². The molecule has 3 aromatic rings. The van der Waals surface area contributed by atoms with Gasteiger partial charge in [0.2, 0.25) is 0 Å². The Morgan fingerprint density at radius 3 is 2.86 bits per heavy atom. The number of amides is 2. The second-order valence-corrected chi connectivity index (χ2v) is 6.07. The number of benzene rings is 2. The fourth-order valence-electron chi connectivity index (χ4n) is 2.72. The Labute approximate surface area is 161 Å². The monoisotopic (exact) mass is 369 g/mol. The number of rotatable bonds is 2. The maximum atomic E-state index is 12.6. The first-order chi connectivity index (χ1) is 13.7. The van der Waals surface area contributed by atoms with Crippen molar-refractivity contribution in [1.82, 2.24) is 4.98 Å². The van der Waals surface area contributed by atoms with Crippen LogP contribution in [0, 0.1) is 11.8 Å². The van der Waals surface area contributed by atoms with E-state index in [0.29, 0.717) is 22.6 Å². The molecule has 0 saturated heterocycles. The average Bonchev–Trinajstić information content (AvgIpc) is 2.73. The minimum absolute atomic E-state index is 0.140. The van der Waals surface area contributed by atoms with E-state index in [9.17, 15) is 9.59 Å². The molecule has 0 saturated carbocycles. The molecule has 0 unspecified atom stereocenters. The van der Waals surface area contributed by atoms with Crippen LogP contribution in [0.15, 0.2) is 66.9 Å². The summed E-state index contributed by atoms with van der Waals surface area (Å²) in [5, 5.41) is 5.46. The normalized spacial score (nSPS) is 11.9. The summed E-state index contributed by atoms with van der Waals surface area (Å²) in [6, 6.07) is 17.9. The van der Waals surface area contributed by atoms with E-state index < -0.39 is 6.09 Å². The molecule has 1 aliphatic rings. The van der Waals surface area contributed by atoms with Crippen LogP contribution in [0.1, 0.15) is 27.2 Å². The number of fused-ring (bicyclic) bond motifs is 1. The molecule has 28 heavy (non-hydrogen) atoms. The number of hydrogen-bond acceptors (Lipinski definition) is 4. The number of nitrogens with one attached hydrogen (secondary N) is 2. The molecule has 4 rings (SSSR count). The van der Waals surface area contributed by atoms with Crippen molar-refractivity contribution in [2.75, 3.05) is 10.6 Å². The van der Waals surface area contributed by atoms with Crippen molar-refractivity contribution >= 4 is 23.4 Å². The van der Waals surface area contributed by atoms with E-state index in [1.165, 1.54) is 0 Å². The number of hydrogen-bond donors (Lipinski definition) is 2. The minimum atomic E-state index is -0.492. The molecule has 0 bridgehead atoms. The first-order valence-electron chi connectivity index (χ1n) is 8.58. The molecule has 0 aliphatic carbocycles. The highest BCUT2D eigenvalue weighted by Gasteiger charge is 2.17. The predicted molar refractivity (Wildman–Crippen MR) is 105 cm³/mol. The molecule has 0 radical (unpaired) electrons. The van der Waals surface area contributed by atoms with Crippen molar-refractivity contribution in [3.63, 3.8) is 0 Å². The van der Waals surface area contributed by atoms with E-state index >= 15 is 0 Å². The minimum Gasteiger partial charge on any atom is -0.444 e. The Kier molecular flexibility index (Phi) is 4.72. The molecule has 0 spiro atoms. The molecule has 2 aromatic carbocycles. The van der Waals surface area contributed by atoms with Crippen molar-refractivity contribution in [3.8, 4) is 11.8 Å². The zero-order chi connectivity index (χ0) is 19.3. The van der Waals surface area contributed by atoms with Crippen LogP contribution in [0.25, 0.3) is 0 Å². The maximum absolute atomic E-state index is 12.6. The molecule has 1 aliphatic heterocycles. The topological polar surface area (TPSA) is 80.3 Å². The highest BCUT2D eigenvalue weighted by Crippen LogP contribution is 2.23. The van der Waals surface area contributed by atoms with Crippen molar-refractivity contribution in [2.24, 2.45) is 0 Å². The summed E-state index contributed by atoms with van der Waals surface area (Å²) >= 11 is 0. The quantitative estimate of drug-likeness (QED) is 0.674. The van der Waals surface area contributed by atoms with Gasteiger partial charge in [0.05, 0.1) is 5.69 Å². The van der Waals surface area contributed by atoms with E-state index in [0.717, 1.165) is 11.1 Å². The molecule has 6 nitrogen and oxygen atoms in total. The number of nitrogens with zero attached hydrogens (tertiary/aromatic N) is 1. The predicted octanol–water partition coefficient (Wildman–Crippen LogP) is 3.80. The molecular formula is C22H15N3O3. The van der Waals surface area contributed by atoms with Gasteiger partial charge >= 0.3 is 6.09 Å². The molecule has 2 N–H and O–H groups in total. The van der Waals surface area contributed by atoms with Crippen molar-refractivity contribution in [3.05, 3.63) is 89.2 Å². The lowest BCUT2D eigenvalue weighted by molar-refractivity contribution is 0.102. The smallest absolute Gasteiger partial charge is 0.411 e. The van der Waals surface area contributed by atoms with E-state index in [-0.39, 0.29) is 12.5 Å². The summed E-state index contributed by atoms with van der Waals surface area (Å²) in [5.74, 6) is 5.77. The van der Waals surface area contributed by atoms with Crippen molar-refractivity contribution in [1.29, 1.82) is 0 Å². The highest BCUT2D eigenvalue weighted by molar-refractivity contribution is 6.05. The zero-order valence-electron chi connectivity index (χ0n) is 14.7.